The van der Waals surface area contributed by atoms with Crippen LogP contribution in [0.4, 0.5) is 0 Å². The Bertz CT molecular complexity index is 1060. The first-order valence-corrected chi connectivity index (χ1v) is 18.8. The van der Waals surface area contributed by atoms with Crippen LogP contribution >= 0.6 is 0 Å². The average molecular weight is 644 g/mol. The molecular formula is C24H20O4PbS2. The first-order valence-electron chi connectivity index (χ1n) is 9.63. The van der Waals surface area contributed by atoms with Gasteiger partial charge >= 0.3 is 194 Å². The monoisotopic (exact) mass is 644 g/mol. The van der Waals surface area contributed by atoms with Gasteiger partial charge in [-0.2, -0.15) is 0 Å². The number of hydrogen-bond donors (Lipinski definition) is 0. The van der Waals surface area contributed by atoms with Gasteiger partial charge in [-0.15, -0.1) is 0 Å². The van der Waals surface area contributed by atoms with Crippen LogP contribution in [0.15, 0.2) is 131 Å². The van der Waals surface area contributed by atoms with Crippen molar-refractivity contribution in [1.29, 1.82) is 0 Å². The predicted molar refractivity (Wildman–Crippen MR) is 126 cm³/mol. The molecular weight excluding hydrogens is 624 g/mol. The van der Waals surface area contributed by atoms with Crippen molar-refractivity contribution in [3.05, 3.63) is 121 Å². The van der Waals surface area contributed by atoms with Gasteiger partial charge in [0.2, 0.25) is 0 Å². The maximum atomic E-state index is 13.3. The Morgan fingerprint density at radius 3 is 1.06 bits per heavy atom. The Kier molecular flexibility index (Phi) is 7.57. The van der Waals surface area contributed by atoms with Gasteiger partial charge in [0.25, 0.3) is 0 Å². The third-order valence-corrected chi connectivity index (χ3v) is 24.2. The van der Waals surface area contributed by atoms with Crippen LogP contribution in [-0.2, 0) is 26.4 Å². The fourth-order valence-corrected chi connectivity index (χ4v) is 23.8. The van der Waals surface area contributed by atoms with E-state index in [0.29, 0.717) is 9.79 Å². The van der Waals surface area contributed by atoms with Crippen molar-refractivity contribution >= 4 is 50.5 Å². The van der Waals surface area contributed by atoms with Crippen molar-refractivity contribution in [3.8, 4) is 0 Å². The molecule has 0 bridgehead atoms. The molecule has 0 heterocycles. The summed E-state index contributed by atoms with van der Waals surface area (Å²) in [5.41, 5.74) is 0. The van der Waals surface area contributed by atoms with E-state index in [9.17, 15) is 8.42 Å². The third-order valence-electron chi connectivity index (χ3n) is 4.57. The summed E-state index contributed by atoms with van der Waals surface area (Å²) in [6, 6.07) is 36.9. The summed E-state index contributed by atoms with van der Waals surface area (Å²) < 4.78 is 40.9. The SMILES string of the molecule is O=S([O][Pb]([O]S(=O)c1ccccc1)([c]1ccccc1)[c]1ccccc1)c1ccccc1. The van der Waals surface area contributed by atoms with Gasteiger partial charge in [-0.3, -0.25) is 0 Å². The third kappa shape index (κ3) is 5.27. The van der Waals surface area contributed by atoms with Crippen LogP contribution in [0, 0.1) is 0 Å². The van der Waals surface area contributed by atoms with Gasteiger partial charge in [0, 0.05) is 0 Å². The molecule has 4 rings (SSSR count). The normalized spacial score (nSPS) is 13.4. The average Bonchev–Trinajstić information content (AvgIpc) is 2.85. The molecule has 4 aromatic carbocycles. The fraction of sp³-hybridized carbons (Fsp3) is 0. The van der Waals surface area contributed by atoms with Crippen LogP contribution < -0.4 is 6.25 Å². The standard InChI is InChI=1S/2C6H6O2S.2C6H5.Pb/c2*7-9(8)6-4-2-1-3-5-6;2*1-2-4-6-5-3-1;/h2*1-5H,(H,7,8);2*1-5H;/q;;;;+2/p-2. The predicted octanol–water partition coefficient (Wildman–Crippen LogP) is 3.72. The summed E-state index contributed by atoms with van der Waals surface area (Å²) in [6.45, 7) is 0. The molecule has 0 N–H and O–H groups in total. The Hall–Kier alpha value is -1.98. The van der Waals surface area contributed by atoms with E-state index >= 15 is 0 Å². The topological polar surface area (TPSA) is 52.6 Å². The molecule has 4 aromatic rings. The van der Waals surface area contributed by atoms with Crippen LogP contribution in [0.2, 0.25) is 0 Å². The molecule has 0 amide bonds. The quantitative estimate of drug-likeness (QED) is 0.275. The molecule has 31 heavy (non-hydrogen) atoms. The molecule has 2 atom stereocenters. The van der Waals surface area contributed by atoms with Crippen LogP contribution in [0.5, 0.6) is 0 Å². The van der Waals surface area contributed by atoms with E-state index in [4.69, 9.17) is 4.27 Å². The maximum absolute atomic E-state index is 13.3. The van der Waals surface area contributed by atoms with Gasteiger partial charge in [-0.05, 0) is 0 Å². The van der Waals surface area contributed by atoms with E-state index in [-0.39, 0.29) is 0 Å². The van der Waals surface area contributed by atoms with Gasteiger partial charge in [0.1, 0.15) is 0 Å². The van der Waals surface area contributed by atoms with Crippen molar-refractivity contribution in [2.75, 3.05) is 0 Å². The molecule has 7 heteroatoms. The van der Waals surface area contributed by atoms with E-state index in [0.717, 1.165) is 6.25 Å². The summed E-state index contributed by atoms with van der Waals surface area (Å²) in [6.07, 6.45) is 0. The summed E-state index contributed by atoms with van der Waals surface area (Å²) in [5.74, 6) is 0. The molecule has 0 radical (unpaired) electrons. The van der Waals surface area contributed by atoms with Gasteiger partial charge in [-0.25, -0.2) is 0 Å². The van der Waals surface area contributed by atoms with Crippen molar-refractivity contribution < 1.29 is 12.7 Å². The number of rotatable bonds is 8. The second-order valence-corrected chi connectivity index (χ2v) is 22.0. The Morgan fingerprint density at radius 1 is 0.452 bits per heavy atom. The van der Waals surface area contributed by atoms with E-state index in [1.807, 2.05) is 97.1 Å². The van der Waals surface area contributed by atoms with E-state index < -0.39 is 44.2 Å². The van der Waals surface area contributed by atoms with Crippen molar-refractivity contribution in [3.63, 3.8) is 0 Å². The van der Waals surface area contributed by atoms with Gasteiger partial charge in [-0.1, -0.05) is 0 Å². The zero-order valence-corrected chi connectivity index (χ0v) is 22.0. The zero-order chi connectivity index (χ0) is 21.5. The summed E-state index contributed by atoms with van der Waals surface area (Å²) in [7, 11) is 0. The van der Waals surface area contributed by atoms with Crippen LogP contribution in [0.3, 0.4) is 0 Å². The molecule has 0 saturated carbocycles. The van der Waals surface area contributed by atoms with Crippen LogP contribution in [-0.4, -0.2) is 30.5 Å². The first kappa shape index (κ1) is 22.2. The van der Waals surface area contributed by atoms with Gasteiger partial charge in [0.15, 0.2) is 0 Å². The zero-order valence-electron chi connectivity index (χ0n) is 16.5. The van der Waals surface area contributed by atoms with Crippen molar-refractivity contribution in [2.45, 2.75) is 9.79 Å². The summed E-state index contributed by atoms with van der Waals surface area (Å²) in [5, 5.41) is 0. The second kappa shape index (κ2) is 10.6. The number of hydrogen-bond acceptors (Lipinski definition) is 4. The summed E-state index contributed by atoms with van der Waals surface area (Å²) >= 11 is -8.40. The Labute approximate surface area is 193 Å². The molecule has 156 valence electrons. The van der Waals surface area contributed by atoms with Gasteiger partial charge in [0.05, 0.1) is 0 Å². The van der Waals surface area contributed by atoms with Crippen LogP contribution in [0.1, 0.15) is 0 Å². The fourth-order valence-electron chi connectivity index (χ4n) is 3.06. The van der Waals surface area contributed by atoms with E-state index in [1.54, 1.807) is 24.3 Å². The molecule has 2 unspecified atom stereocenters. The van der Waals surface area contributed by atoms with E-state index in [1.165, 1.54) is 0 Å². The Morgan fingerprint density at radius 2 is 0.742 bits per heavy atom. The number of benzene rings is 4. The Balaban J connectivity index is 1.84. The molecule has 0 spiro atoms. The van der Waals surface area contributed by atoms with E-state index in [2.05, 4.69) is 0 Å². The molecule has 0 aliphatic heterocycles. The van der Waals surface area contributed by atoms with Crippen molar-refractivity contribution in [1.82, 2.24) is 0 Å². The second-order valence-electron chi connectivity index (χ2n) is 6.61. The molecule has 4 nitrogen and oxygen atoms in total. The minimum absolute atomic E-state index is 0.535. The molecule has 0 aromatic heterocycles. The molecule has 0 aliphatic rings. The van der Waals surface area contributed by atoms with Crippen molar-refractivity contribution in [2.24, 2.45) is 0 Å². The first-order chi connectivity index (χ1) is 15.2. The molecule has 0 aliphatic carbocycles. The molecule has 0 saturated heterocycles. The minimum atomic E-state index is -4.83. The molecule has 0 fully saturated rings. The van der Waals surface area contributed by atoms with Gasteiger partial charge < -0.3 is 0 Å². The summed E-state index contributed by atoms with van der Waals surface area (Å²) in [4.78, 5) is 1.07. The van der Waals surface area contributed by atoms with Crippen LogP contribution in [0.25, 0.3) is 0 Å².